The second-order valence-electron chi connectivity index (χ2n) is 6.52. The van der Waals surface area contributed by atoms with Gasteiger partial charge in [0.05, 0.1) is 22.3 Å². The first-order valence-corrected chi connectivity index (χ1v) is 9.98. The normalized spacial score (nSPS) is 14.5. The molecular formula is C19H17BrClN5O2. The molecule has 4 rings (SSSR count). The molecule has 1 aromatic carbocycles. The van der Waals surface area contributed by atoms with E-state index in [1.807, 2.05) is 6.07 Å². The smallest absolute Gasteiger partial charge is 0.261 e. The number of hydrogen-bond acceptors (Lipinski definition) is 5. The lowest BCUT2D eigenvalue weighted by molar-refractivity contribution is -0.132. The Bertz CT molecular complexity index is 1100. The summed E-state index contributed by atoms with van der Waals surface area (Å²) in [5, 5.41) is 1.08. The molecule has 0 unspecified atom stereocenters. The van der Waals surface area contributed by atoms with Crippen molar-refractivity contribution in [2.24, 2.45) is 0 Å². The highest BCUT2D eigenvalue weighted by molar-refractivity contribution is 9.10. The summed E-state index contributed by atoms with van der Waals surface area (Å²) in [5.41, 5.74) is 0.385. The van der Waals surface area contributed by atoms with Gasteiger partial charge in [-0.05, 0) is 30.3 Å². The van der Waals surface area contributed by atoms with Gasteiger partial charge < -0.3 is 9.80 Å². The summed E-state index contributed by atoms with van der Waals surface area (Å²) in [5.74, 6) is 0.627. The fourth-order valence-electron chi connectivity index (χ4n) is 3.27. The van der Waals surface area contributed by atoms with Crippen LogP contribution in [0.15, 0.2) is 52.1 Å². The van der Waals surface area contributed by atoms with Gasteiger partial charge in [0.25, 0.3) is 5.56 Å². The van der Waals surface area contributed by atoms with Gasteiger partial charge >= 0.3 is 0 Å². The number of piperazine rings is 1. The number of amides is 1. The van der Waals surface area contributed by atoms with E-state index in [9.17, 15) is 9.59 Å². The second-order valence-corrected chi connectivity index (χ2v) is 7.84. The molecule has 1 aliphatic heterocycles. The lowest BCUT2D eigenvalue weighted by atomic mass is 10.2. The molecule has 7 nitrogen and oxygen atoms in total. The van der Waals surface area contributed by atoms with Crippen LogP contribution in [0.2, 0.25) is 5.02 Å². The average Bonchev–Trinajstić information content (AvgIpc) is 2.71. The molecule has 144 valence electrons. The first kappa shape index (κ1) is 18.9. The zero-order chi connectivity index (χ0) is 19.7. The van der Waals surface area contributed by atoms with Crippen molar-refractivity contribution in [3.8, 4) is 0 Å². The summed E-state index contributed by atoms with van der Waals surface area (Å²) in [6.07, 6.45) is 3.14. The number of carbonyl (C=O) groups is 1. The Kier molecular flexibility index (Phi) is 5.32. The predicted molar refractivity (Wildman–Crippen MR) is 112 cm³/mol. The van der Waals surface area contributed by atoms with Crippen molar-refractivity contribution in [2.45, 2.75) is 6.54 Å². The standard InChI is InChI=1S/C19H17BrClN5O2/c20-13-3-4-16-14(10-13)19(28)26(12-23-16)11-17(27)24-6-8-25(9-7-24)18-15(21)2-1-5-22-18/h1-5,10,12H,6-9,11H2. The topological polar surface area (TPSA) is 71.3 Å². The number of pyridine rings is 1. The number of rotatable bonds is 3. The third-order valence-corrected chi connectivity index (χ3v) is 5.55. The molecule has 0 atom stereocenters. The van der Waals surface area contributed by atoms with Crippen LogP contribution in [0.3, 0.4) is 0 Å². The van der Waals surface area contributed by atoms with Crippen molar-refractivity contribution >= 4 is 50.2 Å². The molecule has 1 fully saturated rings. The number of hydrogen-bond donors (Lipinski definition) is 0. The van der Waals surface area contributed by atoms with Crippen molar-refractivity contribution in [1.29, 1.82) is 0 Å². The van der Waals surface area contributed by atoms with Crippen LogP contribution >= 0.6 is 27.5 Å². The van der Waals surface area contributed by atoms with Crippen molar-refractivity contribution in [3.63, 3.8) is 0 Å². The van der Waals surface area contributed by atoms with Crippen LogP contribution in [0, 0.1) is 0 Å². The highest BCUT2D eigenvalue weighted by atomic mass is 79.9. The molecule has 3 heterocycles. The number of aromatic nitrogens is 3. The van der Waals surface area contributed by atoms with E-state index in [1.165, 1.54) is 10.9 Å². The monoisotopic (exact) mass is 461 g/mol. The van der Waals surface area contributed by atoms with Crippen LogP contribution in [-0.2, 0) is 11.3 Å². The summed E-state index contributed by atoms with van der Waals surface area (Å²) in [7, 11) is 0. The van der Waals surface area contributed by atoms with Gasteiger partial charge in [-0.2, -0.15) is 0 Å². The van der Waals surface area contributed by atoms with Crippen LogP contribution in [0.4, 0.5) is 5.82 Å². The summed E-state index contributed by atoms with van der Waals surface area (Å²) in [4.78, 5) is 37.8. The summed E-state index contributed by atoms with van der Waals surface area (Å²) >= 11 is 9.57. The van der Waals surface area contributed by atoms with Gasteiger partial charge in [-0.3, -0.25) is 14.2 Å². The van der Waals surface area contributed by atoms with Crippen molar-refractivity contribution in [3.05, 3.63) is 62.7 Å². The molecule has 28 heavy (non-hydrogen) atoms. The minimum atomic E-state index is -0.224. The molecule has 0 aliphatic carbocycles. The average molecular weight is 463 g/mol. The molecule has 0 bridgehead atoms. The van der Waals surface area contributed by atoms with Crippen LogP contribution in [0.5, 0.6) is 0 Å². The van der Waals surface area contributed by atoms with E-state index in [1.54, 1.807) is 35.4 Å². The number of halogens is 2. The predicted octanol–water partition coefficient (Wildman–Crippen LogP) is 2.56. The SMILES string of the molecule is O=C(Cn1cnc2ccc(Br)cc2c1=O)N1CCN(c2ncccc2Cl)CC1. The minimum Gasteiger partial charge on any atom is -0.352 e. The Morgan fingerprint density at radius 3 is 2.68 bits per heavy atom. The number of nitrogens with zero attached hydrogens (tertiary/aromatic N) is 5. The molecule has 9 heteroatoms. The molecule has 0 radical (unpaired) electrons. The number of carbonyl (C=O) groups excluding carboxylic acids is 1. The van der Waals surface area contributed by atoms with E-state index in [-0.39, 0.29) is 18.0 Å². The largest absolute Gasteiger partial charge is 0.352 e. The third kappa shape index (κ3) is 3.74. The van der Waals surface area contributed by atoms with E-state index in [4.69, 9.17) is 11.6 Å². The van der Waals surface area contributed by atoms with Gasteiger partial charge in [-0.25, -0.2) is 9.97 Å². The quantitative estimate of drug-likeness (QED) is 0.598. The van der Waals surface area contributed by atoms with Crippen LogP contribution in [0.1, 0.15) is 0 Å². The molecule has 1 aliphatic rings. The maximum absolute atomic E-state index is 12.7. The molecule has 3 aromatic rings. The highest BCUT2D eigenvalue weighted by Gasteiger charge is 2.23. The van der Waals surface area contributed by atoms with Gasteiger partial charge in [0, 0.05) is 36.8 Å². The third-order valence-electron chi connectivity index (χ3n) is 4.76. The Balaban J connectivity index is 1.45. The van der Waals surface area contributed by atoms with Gasteiger partial charge in [0.2, 0.25) is 5.91 Å². The fourth-order valence-corrected chi connectivity index (χ4v) is 3.87. The zero-order valence-corrected chi connectivity index (χ0v) is 17.2. The Morgan fingerprint density at radius 2 is 1.93 bits per heavy atom. The number of benzene rings is 1. The van der Waals surface area contributed by atoms with Crippen LogP contribution in [0.25, 0.3) is 10.9 Å². The summed E-state index contributed by atoms with van der Waals surface area (Å²) < 4.78 is 2.16. The summed E-state index contributed by atoms with van der Waals surface area (Å²) in [6.45, 7) is 2.35. The van der Waals surface area contributed by atoms with Gasteiger partial charge in [0.1, 0.15) is 12.4 Å². The molecule has 0 N–H and O–H groups in total. The molecule has 0 saturated carbocycles. The highest BCUT2D eigenvalue weighted by Crippen LogP contribution is 2.23. The molecular weight excluding hydrogens is 446 g/mol. The van der Waals surface area contributed by atoms with Crippen molar-refractivity contribution < 1.29 is 4.79 Å². The van der Waals surface area contributed by atoms with Crippen molar-refractivity contribution in [2.75, 3.05) is 31.1 Å². The molecule has 1 saturated heterocycles. The lowest BCUT2D eigenvalue weighted by Gasteiger charge is -2.35. The minimum absolute atomic E-state index is 0.0291. The van der Waals surface area contributed by atoms with Gasteiger partial charge in [-0.1, -0.05) is 27.5 Å². The van der Waals surface area contributed by atoms with Crippen molar-refractivity contribution in [1.82, 2.24) is 19.4 Å². The first-order valence-electron chi connectivity index (χ1n) is 8.81. The number of fused-ring (bicyclic) bond motifs is 1. The first-order chi connectivity index (χ1) is 13.5. The van der Waals surface area contributed by atoms with Crippen LogP contribution < -0.4 is 10.5 Å². The molecule has 0 spiro atoms. The molecule has 1 amide bonds. The second kappa shape index (κ2) is 7.89. The van der Waals surface area contributed by atoms with E-state index in [2.05, 4.69) is 30.8 Å². The maximum Gasteiger partial charge on any atom is 0.261 e. The van der Waals surface area contributed by atoms with E-state index < -0.39 is 0 Å². The Labute approximate surface area is 174 Å². The maximum atomic E-state index is 12.7. The van der Waals surface area contributed by atoms with Gasteiger partial charge in [0.15, 0.2) is 0 Å². The molecule has 2 aromatic heterocycles. The van der Waals surface area contributed by atoms with Gasteiger partial charge in [-0.15, -0.1) is 0 Å². The Morgan fingerprint density at radius 1 is 1.14 bits per heavy atom. The summed E-state index contributed by atoms with van der Waals surface area (Å²) in [6, 6.07) is 8.92. The van der Waals surface area contributed by atoms with E-state index in [0.717, 1.165) is 10.3 Å². The zero-order valence-electron chi connectivity index (χ0n) is 14.9. The lowest BCUT2D eigenvalue weighted by Crippen LogP contribution is -2.50. The van der Waals surface area contributed by atoms with E-state index in [0.29, 0.717) is 42.1 Å². The van der Waals surface area contributed by atoms with E-state index >= 15 is 0 Å². The fraction of sp³-hybridized carbons (Fsp3) is 0.263. The Hall–Kier alpha value is -2.45. The number of anilines is 1. The van der Waals surface area contributed by atoms with Crippen LogP contribution in [-0.4, -0.2) is 51.5 Å².